The molecule has 1 unspecified atom stereocenters. The topological polar surface area (TPSA) is 101 Å². The summed E-state index contributed by atoms with van der Waals surface area (Å²) in [4.78, 5) is 33.4. The van der Waals surface area contributed by atoms with Crippen LogP contribution in [0, 0.1) is 16.7 Å². The Bertz CT molecular complexity index is 1140. The first-order valence-corrected chi connectivity index (χ1v) is 12.8. The average Bonchev–Trinajstić information content (AvgIpc) is 3.34. The lowest BCUT2D eigenvalue weighted by molar-refractivity contribution is -0.131. The molecule has 0 radical (unpaired) electrons. The molecule has 1 aromatic rings. The summed E-state index contributed by atoms with van der Waals surface area (Å²) in [7, 11) is 4.22. The molecular weight excluding hydrogens is 452 g/mol. The molecule has 0 aromatic heterocycles. The van der Waals surface area contributed by atoms with Crippen LogP contribution < -0.4 is 10.6 Å². The molecule has 1 fully saturated rings. The Kier molecular flexibility index (Phi) is 7.24. The number of anilines is 1. The van der Waals surface area contributed by atoms with Crippen molar-refractivity contribution < 1.29 is 9.59 Å². The first-order chi connectivity index (χ1) is 17.0. The molecule has 2 heterocycles. The van der Waals surface area contributed by atoms with Crippen LogP contribution in [0.3, 0.4) is 0 Å². The minimum atomic E-state index is -0.461. The van der Waals surface area contributed by atoms with E-state index in [1.165, 1.54) is 11.1 Å². The normalized spacial score (nSPS) is 22.8. The van der Waals surface area contributed by atoms with Crippen molar-refractivity contribution in [3.63, 3.8) is 0 Å². The van der Waals surface area contributed by atoms with Crippen LogP contribution in [-0.4, -0.2) is 67.2 Å². The Hall–Kier alpha value is -3.18. The maximum atomic E-state index is 13.0. The van der Waals surface area contributed by atoms with Crippen molar-refractivity contribution in [3.05, 3.63) is 35.4 Å². The number of likely N-dealkylation sites (tertiary alicyclic amines) is 1. The highest BCUT2D eigenvalue weighted by Crippen LogP contribution is 2.43. The average molecular weight is 491 g/mol. The molecule has 1 aromatic carbocycles. The molecule has 36 heavy (non-hydrogen) atoms. The van der Waals surface area contributed by atoms with E-state index in [0.29, 0.717) is 0 Å². The fourth-order valence-electron chi connectivity index (χ4n) is 5.55. The third-order valence-electron chi connectivity index (χ3n) is 8.13. The maximum absolute atomic E-state index is 13.0. The SMILES string of the molecule is CC(=O)N1CCC(c2ccc(NC(=O)C3=NCC(C#N)N3)c(C3=CCC(C)(C)CC3)c2)(N(C)C)CC1. The van der Waals surface area contributed by atoms with E-state index >= 15 is 0 Å². The molecule has 0 bridgehead atoms. The molecule has 192 valence electrons. The van der Waals surface area contributed by atoms with Crippen LogP contribution in [0.2, 0.25) is 0 Å². The molecule has 2 N–H and O–H groups in total. The molecule has 1 saturated heterocycles. The van der Waals surface area contributed by atoms with Crippen molar-refractivity contribution in [1.82, 2.24) is 15.1 Å². The van der Waals surface area contributed by atoms with Gasteiger partial charge in [0, 0.05) is 36.8 Å². The number of amidine groups is 1. The van der Waals surface area contributed by atoms with Gasteiger partial charge in [-0.05, 0) is 74.9 Å². The third-order valence-corrected chi connectivity index (χ3v) is 8.13. The molecule has 8 heteroatoms. The number of rotatable bonds is 5. The van der Waals surface area contributed by atoms with Gasteiger partial charge in [-0.15, -0.1) is 0 Å². The number of aliphatic imine (C=N–C) groups is 1. The van der Waals surface area contributed by atoms with Gasteiger partial charge in [0.15, 0.2) is 5.84 Å². The molecule has 0 spiro atoms. The summed E-state index contributed by atoms with van der Waals surface area (Å²) in [6, 6.07) is 8.00. The first-order valence-electron chi connectivity index (χ1n) is 12.8. The van der Waals surface area contributed by atoms with Crippen LogP contribution in [-0.2, 0) is 15.1 Å². The molecule has 2 aliphatic heterocycles. The van der Waals surface area contributed by atoms with Crippen LogP contribution in [0.5, 0.6) is 0 Å². The van der Waals surface area contributed by atoms with Crippen molar-refractivity contribution >= 4 is 28.9 Å². The second-order valence-electron chi connectivity index (χ2n) is 11.3. The van der Waals surface area contributed by atoms with Crippen molar-refractivity contribution in [2.24, 2.45) is 10.4 Å². The molecule has 4 rings (SSSR count). The summed E-state index contributed by atoms with van der Waals surface area (Å²) in [5.41, 5.74) is 4.34. The number of hydrogen-bond donors (Lipinski definition) is 2. The monoisotopic (exact) mass is 490 g/mol. The van der Waals surface area contributed by atoms with Crippen molar-refractivity contribution in [1.29, 1.82) is 5.26 Å². The smallest absolute Gasteiger partial charge is 0.290 e. The Labute approximate surface area is 214 Å². The van der Waals surface area contributed by atoms with Gasteiger partial charge in [0.05, 0.1) is 12.6 Å². The van der Waals surface area contributed by atoms with Gasteiger partial charge < -0.3 is 15.5 Å². The fraction of sp³-hybridized carbons (Fsp3) is 0.571. The summed E-state index contributed by atoms with van der Waals surface area (Å²) < 4.78 is 0. The number of amides is 2. The number of nitrogens with zero attached hydrogens (tertiary/aromatic N) is 4. The van der Waals surface area contributed by atoms with Crippen LogP contribution in [0.1, 0.15) is 64.0 Å². The Balaban J connectivity index is 1.69. The van der Waals surface area contributed by atoms with E-state index in [1.54, 1.807) is 6.92 Å². The summed E-state index contributed by atoms with van der Waals surface area (Å²) >= 11 is 0. The molecule has 8 nitrogen and oxygen atoms in total. The molecule has 3 aliphatic rings. The minimum absolute atomic E-state index is 0.123. The van der Waals surface area contributed by atoms with Gasteiger partial charge in [0.2, 0.25) is 5.91 Å². The zero-order valence-electron chi connectivity index (χ0n) is 22.1. The fourth-order valence-corrected chi connectivity index (χ4v) is 5.55. The number of allylic oxidation sites excluding steroid dienone is 2. The Morgan fingerprint density at radius 2 is 1.94 bits per heavy atom. The zero-order chi connectivity index (χ0) is 26.1. The summed E-state index contributed by atoms with van der Waals surface area (Å²) in [6.07, 6.45) is 7.05. The highest BCUT2D eigenvalue weighted by molar-refractivity contribution is 6.42. The summed E-state index contributed by atoms with van der Waals surface area (Å²) in [5.74, 6) is 0.00503. The van der Waals surface area contributed by atoms with Gasteiger partial charge in [-0.2, -0.15) is 5.26 Å². The number of carbonyl (C=O) groups is 2. The third kappa shape index (κ3) is 5.17. The van der Waals surface area contributed by atoms with E-state index in [1.807, 2.05) is 11.0 Å². The Morgan fingerprint density at radius 3 is 2.50 bits per heavy atom. The number of benzene rings is 1. The van der Waals surface area contributed by atoms with Gasteiger partial charge in [-0.25, -0.2) is 0 Å². The molecular formula is C28H38N6O2. The lowest BCUT2D eigenvalue weighted by Crippen LogP contribution is -2.51. The highest BCUT2D eigenvalue weighted by Gasteiger charge is 2.39. The summed E-state index contributed by atoms with van der Waals surface area (Å²) in [5, 5.41) is 15.1. The lowest BCUT2D eigenvalue weighted by atomic mass is 9.75. The molecule has 1 aliphatic carbocycles. The zero-order valence-corrected chi connectivity index (χ0v) is 22.1. The van der Waals surface area contributed by atoms with Crippen LogP contribution >= 0.6 is 0 Å². The Morgan fingerprint density at radius 1 is 1.22 bits per heavy atom. The highest BCUT2D eigenvalue weighted by atomic mass is 16.2. The predicted molar refractivity (Wildman–Crippen MR) is 142 cm³/mol. The second kappa shape index (κ2) is 10.1. The first kappa shape index (κ1) is 25.9. The minimum Gasteiger partial charge on any atom is -0.349 e. The van der Waals surface area contributed by atoms with E-state index in [-0.39, 0.29) is 35.1 Å². The van der Waals surface area contributed by atoms with Gasteiger partial charge in [0.1, 0.15) is 6.04 Å². The standard InChI is InChI=1S/C28H38N6O2/c1-19(35)34-14-12-28(13-15-34,33(4)5)21-6-7-24(32-26(36)25-30-18-22(17-29)31-25)23(16-21)20-8-10-27(2,3)11-9-20/h6-8,16,22H,9-15,18H2,1-5H3,(H,30,31)(H,32,36). The summed E-state index contributed by atoms with van der Waals surface area (Å²) in [6.45, 7) is 7.95. The molecule has 0 saturated carbocycles. The maximum Gasteiger partial charge on any atom is 0.290 e. The molecule has 2 amide bonds. The van der Waals surface area contributed by atoms with Crippen LogP contribution in [0.25, 0.3) is 5.57 Å². The van der Waals surface area contributed by atoms with E-state index in [9.17, 15) is 9.59 Å². The van der Waals surface area contributed by atoms with Crippen molar-refractivity contribution in [3.8, 4) is 6.07 Å². The van der Waals surface area contributed by atoms with E-state index < -0.39 is 6.04 Å². The van der Waals surface area contributed by atoms with E-state index in [4.69, 9.17) is 5.26 Å². The largest absolute Gasteiger partial charge is 0.349 e. The number of piperidine rings is 1. The number of nitrogens with one attached hydrogen (secondary N) is 2. The van der Waals surface area contributed by atoms with Gasteiger partial charge in [-0.3, -0.25) is 19.5 Å². The van der Waals surface area contributed by atoms with Crippen LogP contribution in [0.4, 0.5) is 5.69 Å². The van der Waals surface area contributed by atoms with E-state index in [2.05, 4.69) is 72.7 Å². The number of nitriles is 1. The number of carbonyl (C=O) groups excluding carboxylic acids is 2. The van der Waals surface area contributed by atoms with Gasteiger partial charge in [0.25, 0.3) is 5.91 Å². The van der Waals surface area contributed by atoms with Crippen LogP contribution in [0.15, 0.2) is 29.3 Å². The quantitative estimate of drug-likeness (QED) is 0.658. The number of hydrogen-bond acceptors (Lipinski definition) is 6. The van der Waals surface area contributed by atoms with Crippen molar-refractivity contribution in [2.75, 3.05) is 39.0 Å². The predicted octanol–water partition coefficient (Wildman–Crippen LogP) is 3.51. The van der Waals surface area contributed by atoms with Gasteiger partial charge in [-0.1, -0.05) is 26.0 Å². The lowest BCUT2D eigenvalue weighted by Gasteiger charge is -2.46. The van der Waals surface area contributed by atoms with E-state index in [0.717, 1.165) is 56.4 Å². The van der Waals surface area contributed by atoms with Crippen molar-refractivity contribution in [2.45, 2.75) is 64.5 Å². The van der Waals surface area contributed by atoms with Gasteiger partial charge >= 0.3 is 0 Å². The molecule has 1 atom stereocenters. The second-order valence-corrected chi connectivity index (χ2v) is 11.3.